The van der Waals surface area contributed by atoms with Crippen molar-refractivity contribution in [2.75, 3.05) is 0 Å². The fourth-order valence-electron chi connectivity index (χ4n) is 0.338. The number of hydroxylamine groups is 1. The van der Waals surface area contributed by atoms with E-state index < -0.39 is 5.91 Å². The molecule has 0 saturated carbocycles. The minimum absolute atomic E-state index is 0.163. The minimum atomic E-state index is -0.444. The Bertz CT molecular complexity index is 82.1. The van der Waals surface area contributed by atoms with Crippen LogP contribution in [0.4, 0.5) is 0 Å². The van der Waals surface area contributed by atoms with E-state index in [1.165, 1.54) is 5.48 Å². The Morgan fingerprint density at radius 2 is 2.50 bits per heavy atom. The molecule has 4 nitrogen and oxygen atoms in total. The highest BCUT2D eigenvalue weighted by Gasteiger charge is 2.00. The van der Waals surface area contributed by atoms with Gasteiger partial charge in [-0.3, -0.25) is 10.0 Å². The van der Waals surface area contributed by atoms with Crippen molar-refractivity contribution in [3.63, 3.8) is 0 Å². The summed E-state index contributed by atoms with van der Waals surface area (Å²) in [5.74, 6) is -0.444. The van der Waals surface area contributed by atoms with Gasteiger partial charge >= 0.3 is 0 Å². The van der Waals surface area contributed by atoms with Crippen molar-refractivity contribution in [3.8, 4) is 0 Å². The van der Waals surface area contributed by atoms with Crippen molar-refractivity contribution in [1.82, 2.24) is 5.48 Å². The van der Waals surface area contributed by atoms with Gasteiger partial charge in [0.1, 0.15) is 0 Å². The van der Waals surface area contributed by atoms with Gasteiger partial charge in [0.25, 0.3) is 0 Å². The summed E-state index contributed by atoms with van der Waals surface area (Å²) < 4.78 is 0. The van der Waals surface area contributed by atoms with Gasteiger partial charge in [-0.05, 0) is 6.92 Å². The monoisotopic (exact) mass is 118 g/mol. The third-order valence-corrected chi connectivity index (χ3v) is 0.632. The average molecular weight is 118 g/mol. The van der Waals surface area contributed by atoms with Crippen LogP contribution in [0.2, 0.25) is 0 Å². The molecule has 0 fully saturated rings. The van der Waals surface area contributed by atoms with E-state index in [2.05, 4.69) is 0 Å². The number of hydrogen-bond donors (Lipinski definition) is 3. The van der Waals surface area contributed by atoms with Crippen LogP contribution < -0.4 is 11.2 Å². The zero-order valence-electron chi connectivity index (χ0n) is 4.72. The van der Waals surface area contributed by atoms with Gasteiger partial charge in [0, 0.05) is 12.5 Å². The summed E-state index contributed by atoms with van der Waals surface area (Å²) >= 11 is 0. The molecule has 0 aliphatic rings. The van der Waals surface area contributed by atoms with E-state index >= 15 is 0 Å². The molecular formula is C4H10N2O2. The maximum Gasteiger partial charge on any atom is 0.244 e. The minimum Gasteiger partial charge on any atom is -0.327 e. The number of nitrogens with one attached hydrogen (secondary N) is 1. The average Bonchev–Trinajstić information content (AvgIpc) is 1.65. The Labute approximate surface area is 47.6 Å². The lowest BCUT2D eigenvalue weighted by atomic mass is 10.2. The highest BCUT2D eigenvalue weighted by Crippen LogP contribution is 1.82. The normalized spacial score (nSPS) is 12.9. The molecule has 8 heavy (non-hydrogen) atoms. The van der Waals surface area contributed by atoms with Crippen LogP contribution in [0.1, 0.15) is 13.3 Å². The van der Waals surface area contributed by atoms with E-state index in [0.29, 0.717) is 0 Å². The lowest BCUT2D eigenvalue weighted by Gasteiger charge is -1.99. The highest BCUT2D eigenvalue weighted by molar-refractivity contribution is 5.75. The molecule has 0 spiro atoms. The highest BCUT2D eigenvalue weighted by atomic mass is 16.5. The summed E-state index contributed by atoms with van der Waals surface area (Å²) in [5.41, 5.74) is 6.67. The maximum absolute atomic E-state index is 10.2. The molecule has 0 aromatic heterocycles. The lowest BCUT2D eigenvalue weighted by Crippen LogP contribution is -2.27. The summed E-state index contributed by atoms with van der Waals surface area (Å²) in [6.45, 7) is 1.69. The van der Waals surface area contributed by atoms with E-state index in [-0.39, 0.29) is 12.5 Å². The zero-order valence-corrected chi connectivity index (χ0v) is 4.72. The first-order valence-electron chi connectivity index (χ1n) is 2.35. The Balaban J connectivity index is 3.25. The summed E-state index contributed by atoms with van der Waals surface area (Å²) in [6.07, 6.45) is 0.163. The fourth-order valence-corrected chi connectivity index (χ4v) is 0.338. The smallest absolute Gasteiger partial charge is 0.244 e. The number of nitrogens with two attached hydrogens (primary N) is 1. The molecule has 0 aromatic carbocycles. The second-order valence-corrected chi connectivity index (χ2v) is 1.72. The SMILES string of the molecule is C[C@H](N)CC(=O)NO. The van der Waals surface area contributed by atoms with E-state index in [0.717, 1.165) is 0 Å². The van der Waals surface area contributed by atoms with Crippen LogP contribution in [-0.2, 0) is 4.79 Å². The molecule has 0 bridgehead atoms. The number of amides is 1. The first-order valence-corrected chi connectivity index (χ1v) is 2.35. The van der Waals surface area contributed by atoms with Crippen molar-refractivity contribution in [3.05, 3.63) is 0 Å². The third-order valence-electron chi connectivity index (χ3n) is 0.632. The Kier molecular flexibility index (Phi) is 3.14. The van der Waals surface area contributed by atoms with Gasteiger partial charge in [-0.2, -0.15) is 0 Å². The molecule has 4 N–H and O–H groups in total. The molecule has 4 heteroatoms. The van der Waals surface area contributed by atoms with Crippen molar-refractivity contribution in [1.29, 1.82) is 0 Å². The quantitative estimate of drug-likeness (QED) is 0.329. The first kappa shape index (κ1) is 7.39. The van der Waals surface area contributed by atoms with Crippen LogP contribution in [0.25, 0.3) is 0 Å². The summed E-state index contributed by atoms with van der Waals surface area (Å²) in [6, 6.07) is -0.192. The van der Waals surface area contributed by atoms with Crippen molar-refractivity contribution in [2.24, 2.45) is 5.73 Å². The molecule has 48 valence electrons. The van der Waals surface area contributed by atoms with Gasteiger partial charge in [0.15, 0.2) is 0 Å². The van der Waals surface area contributed by atoms with E-state index in [1.807, 2.05) is 0 Å². The molecule has 0 aromatic rings. The first-order chi connectivity index (χ1) is 3.66. The summed E-state index contributed by atoms with van der Waals surface area (Å²) in [5, 5.41) is 7.93. The number of carbonyl (C=O) groups is 1. The number of carbonyl (C=O) groups excluding carboxylic acids is 1. The van der Waals surface area contributed by atoms with Crippen LogP contribution in [0.15, 0.2) is 0 Å². The zero-order chi connectivity index (χ0) is 6.57. The van der Waals surface area contributed by atoms with Crippen molar-refractivity contribution >= 4 is 5.91 Å². The Morgan fingerprint density at radius 3 is 2.62 bits per heavy atom. The van der Waals surface area contributed by atoms with Gasteiger partial charge in [-0.1, -0.05) is 0 Å². The Morgan fingerprint density at radius 1 is 2.00 bits per heavy atom. The molecular weight excluding hydrogens is 108 g/mol. The molecule has 0 radical (unpaired) electrons. The summed E-state index contributed by atoms with van der Waals surface area (Å²) in [4.78, 5) is 10.2. The van der Waals surface area contributed by atoms with Gasteiger partial charge in [-0.25, -0.2) is 5.48 Å². The molecule has 0 heterocycles. The number of rotatable bonds is 2. The predicted molar refractivity (Wildman–Crippen MR) is 28.2 cm³/mol. The molecule has 1 atom stereocenters. The van der Waals surface area contributed by atoms with Crippen LogP contribution in [-0.4, -0.2) is 17.2 Å². The largest absolute Gasteiger partial charge is 0.327 e. The topological polar surface area (TPSA) is 75.4 Å². The van der Waals surface area contributed by atoms with Gasteiger partial charge < -0.3 is 5.73 Å². The molecule has 0 rings (SSSR count). The van der Waals surface area contributed by atoms with Crippen molar-refractivity contribution in [2.45, 2.75) is 19.4 Å². The predicted octanol–water partition coefficient (Wildman–Crippen LogP) is -0.771. The lowest BCUT2D eigenvalue weighted by molar-refractivity contribution is -0.129. The fraction of sp³-hybridized carbons (Fsp3) is 0.750. The molecule has 0 saturated heterocycles. The second kappa shape index (κ2) is 3.40. The second-order valence-electron chi connectivity index (χ2n) is 1.72. The molecule has 1 amide bonds. The van der Waals surface area contributed by atoms with Gasteiger partial charge in [0.2, 0.25) is 5.91 Å². The van der Waals surface area contributed by atoms with E-state index in [9.17, 15) is 4.79 Å². The molecule has 0 aliphatic heterocycles. The third kappa shape index (κ3) is 3.58. The van der Waals surface area contributed by atoms with Gasteiger partial charge in [-0.15, -0.1) is 0 Å². The Hall–Kier alpha value is -0.610. The maximum atomic E-state index is 10.2. The standard InChI is InChI=1S/C4H10N2O2/c1-3(5)2-4(7)6-8/h3,8H,2,5H2,1H3,(H,6,7)/t3-/m0/s1. The van der Waals surface area contributed by atoms with E-state index in [4.69, 9.17) is 10.9 Å². The van der Waals surface area contributed by atoms with Crippen LogP contribution in [0.3, 0.4) is 0 Å². The molecule has 0 aliphatic carbocycles. The van der Waals surface area contributed by atoms with Crippen LogP contribution in [0, 0.1) is 0 Å². The van der Waals surface area contributed by atoms with E-state index in [1.54, 1.807) is 6.92 Å². The van der Waals surface area contributed by atoms with Crippen LogP contribution >= 0.6 is 0 Å². The van der Waals surface area contributed by atoms with Crippen molar-refractivity contribution < 1.29 is 10.0 Å². The van der Waals surface area contributed by atoms with Crippen LogP contribution in [0.5, 0.6) is 0 Å². The van der Waals surface area contributed by atoms with Gasteiger partial charge in [0.05, 0.1) is 0 Å². The number of hydrogen-bond acceptors (Lipinski definition) is 3. The molecule has 0 unspecified atom stereocenters. The summed E-state index contributed by atoms with van der Waals surface area (Å²) in [7, 11) is 0.